The molecule has 0 N–H and O–H groups in total. The van der Waals surface area contributed by atoms with Gasteiger partial charge in [-0.1, -0.05) is 119 Å². The smallest absolute Gasteiger partial charge is 0.0104 e. The van der Waals surface area contributed by atoms with Crippen molar-refractivity contribution in [3.05, 3.63) is 130 Å². The first kappa shape index (κ1) is 25.1. The Morgan fingerprint density at radius 2 is 0.833 bits per heavy atom. The molecule has 1 aromatic heterocycles. The Bertz CT molecular complexity index is 1420. The van der Waals surface area contributed by atoms with Crippen molar-refractivity contribution in [3.63, 3.8) is 0 Å². The van der Waals surface area contributed by atoms with E-state index in [1.54, 1.807) is 5.30 Å². The summed E-state index contributed by atoms with van der Waals surface area (Å²) in [5, 5.41) is 11.2. The van der Waals surface area contributed by atoms with Gasteiger partial charge in [-0.2, -0.15) is 0 Å². The third-order valence-electron chi connectivity index (χ3n) is 6.43. The average molecular weight is 523 g/mol. The zero-order valence-electron chi connectivity index (χ0n) is 21.6. The summed E-state index contributed by atoms with van der Waals surface area (Å²) in [6.07, 6.45) is 0. The van der Waals surface area contributed by atoms with Crippen molar-refractivity contribution in [1.29, 1.82) is 0 Å². The van der Waals surface area contributed by atoms with Crippen LogP contribution in [0.15, 0.2) is 102 Å². The molecular formula is C33H32P2S. The van der Waals surface area contributed by atoms with Gasteiger partial charge in [-0.05, 0) is 71.7 Å². The molecule has 0 aliphatic heterocycles. The van der Waals surface area contributed by atoms with Crippen LogP contribution in [0.5, 0.6) is 0 Å². The van der Waals surface area contributed by atoms with Crippen molar-refractivity contribution < 1.29 is 0 Å². The molecule has 0 amide bonds. The zero-order valence-corrected chi connectivity index (χ0v) is 24.2. The Labute approximate surface area is 222 Å². The average Bonchev–Trinajstić information content (AvgIpc) is 3.20. The molecule has 0 saturated heterocycles. The standard InChI is InChI=1S/C33H32P2S/c1-23-10-6-14-28(18-23)34(29-15-7-11-24(2)19-29)32-22-36-27(5)33(32)35(30-16-8-12-25(3)20-30)31-17-9-13-26(4)21-31/h6-22H,1-5H3. The third-order valence-corrected chi connectivity index (χ3v) is 12.9. The Morgan fingerprint density at radius 3 is 1.19 bits per heavy atom. The molecule has 180 valence electrons. The van der Waals surface area contributed by atoms with Crippen molar-refractivity contribution >= 4 is 59.0 Å². The molecule has 0 saturated carbocycles. The topological polar surface area (TPSA) is 0 Å². The molecule has 1 heterocycles. The van der Waals surface area contributed by atoms with E-state index >= 15 is 0 Å². The van der Waals surface area contributed by atoms with E-state index in [9.17, 15) is 0 Å². The maximum Gasteiger partial charge on any atom is 0.0104 e. The van der Waals surface area contributed by atoms with Crippen LogP contribution in [0.3, 0.4) is 0 Å². The molecule has 5 aromatic rings. The van der Waals surface area contributed by atoms with E-state index in [4.69, 9.17) is 0 Å². The van der Waals surface area contributed by atoms with Crippen LogP contribution < -0.4 is 31.8 Å². The van der Waals surface area contributed by atoms with Gasteiger partial charge in [0, 0.05) is 20.9 Å². The molecule has 0 radical (unpaired) electrons. The molecule has 0 aliphatic carbocycles. The number of aryl methyl sites for hydroxylation is 5. The van der Waals surface area contributed by atoms with Crippen LogP contribution in [0.1, 0.15) is 27.1 Å². The zero-order chi connectivity index (χ0) is 25.2. The molecule has 0 unspecified atom stereocenters. The van der Waals surface area contributed by atoms with Crippen LogP contribution >= 0.6 is 27.2 Å². The van der Waals surface area contributed by atoms with Crippen molar-refractivity contribution in [2.75, 3.05) is 0 Å². The first-order valence-corrected chi connectivity index (χ1v) is 15.9. The van der Waals surface area contributed by atoms with E-state index in [0.717, 1.165) is 0 Å². The van der Waals surface area contributed by atoms with E-state index in [1.165, 1.54) is 53.7 Å². The number of hydrogen-bond acceptors (Lipinski definition) is 1. The van der Waals surface area contributed by atoms with Gasteiger partial charge >= 0.3 is 0 Å². The lowest BCUT2D eigenvalue weighted by Crippen LogP contribution is -2.34. The summed E-state index contributed by atoms with van der Waals surface area (Å²) in [6, 6.07) is 36.7. The van der Waals surface area contributed by atoms with E-state index in [2.05, 4.69) is 137 Å². The maximum atomic E-state index is 2.46. The van der Waals surface area contributed by atoms with E-state index in [-0.39, 0.29) is 0 Å². The first-order valence-electron chi connectivity index (χ1n) is 12.4. The van der Waals surface area contributed by atoms with Gasteiger partial charge in [0.25, 0.3) is 0 Å². The van der Waals surface area contributed by atoms with Crippen molar-refractivity contribution in [1.82, 2.24) is 0 Å². The van der Waals surface area contributed by atoms with Crippen LogP contribution in [0.4, 0.5) is 0 Å². The van der Waals surface area contributed by atoms with Gasteiger partial charge in [-0.3, -0.25) is 0 Å². The third kappa shape index (κ3) is 5.26. The van der Waals surface area contributed by atoms with Crippen molar-refractivity contribution in [3.8, 4) is 0 Å². The van der Waals surface area contributed by atoms with Crippen LogP contribution in [0.2, 0.25) is 0 Å². The second-order valence-electron chi connectivity index (χ2n) is 9.55. The fourth-order valence-corrected chi connectivity index (χ4v) is 12.1. The van der Waals surface area contributed by atoms with Gasteiger partial charge in [-0.15, -0.1) is 11.3 Å². The molecule has 5 rings (SSSR count). The number of thiophene rings is 1. The highest BCUT2D eigenvalue weighted by atomic mass is 32.1. The molecule has 0 nitrogen and oxygen atoms in total. The predicted octanol–water partition coefficient (Wildman–Crippen LogP) is 6.81. The summed E-state index contributed by atoms with van der Waals surface area (Å²) in [5.74, 6) is 0. The lowest BCUT2D eigenvalue weighted by Gasteiger charge is -2.26. The van der Waals surface area contributed by atoms with Gasteiger partial charge in [0.1, 0.15) is 0 Å². The maximum absolute atomic E-state index is 2.46. The minimum Gasteiger partial charge on any atom is -0.148 e. The second kappa shape index (κ2) is 10.8. The van der Waals surface area contributed by atoms with Gasteiger partial charge < -0.3 is 0 Å². The summed E-state index contributed by atoms with van der Waals surface area (Å²) in [7, 11) is -1.37. The highest BCUT2D eigenvalue weighted by Gasteiger charge is 2.29. The first-order chi connectivity index (χ1) is 17.4. The quantitative estimate of drug-likeness (QED) is 0.215. The Kier molecular flexibility index (Phi) is 7.55. The van der Waals surface area contributed by atoms with Crippen LogP contribution in [-0.2, 0) is 0 Å². The number of hydrogen-bond donors (Lipinski definition) is 0. The highest BCUT2D eigenvalue weighted by Crippen LogP contribution is 2.42. The minimum absolute atomic E-state index is 0.680. The fraction of sp³-hybridized carbons (Fsp3) is 0.152. The summed E-state index contributed by atoms with van der Waals surface area (Å²) < 4.78 is 0. The monoisotopic (exact) mass is 522 g/mol. The largest absolute Gasteiger partial charge is 0.148 e. The molecule has 3 heteroatoms. The van der Waals surface area contributed by atoms with E-state index in [0.29, 0.717) is 0 Å². The molecule has 0 atom stereocenters. The van der Waals surface area contributed by atoms with Gasteiger partial charge in [0.05, 0.1) is 0 Å². The number of rotatable bonds is 6. The van der Waals surface area contributed by atoms with E-state index < -0.39 is 15.8 Å². The SMILES string of the molecule is Cc1cccc(P(c2cccc(C)c2)c2csc(C)c2P(c2cccc(C)c2)c2cccc(C)c2)c1. The van der Waals surface area contributed by atoms with Gasteiger partial charge in [0.15, 0.2) is 0 Å². The Hall–Kier alpha value is -2.56. The Balaban J connectivity index is 1.79. The molecule has 36 heavy (non-hydrogen) atoms. The van der Waals surface area contributed by atoms with Gasteiger partial charge in [-0.25, -0.2) is 0 Å². The van der Waals surface area contributed by atoms with Gasteiger partial charge in [0.2, 0.25) is 0 Å². The molecule has 0 spiro atoms. The predicted molar refractivity (Wildman–Crippen MR) is 165 cm³/mol. The van der Waals surface area contributed by atoms with Crippen LogP contribution in [-0.4, -0.2) is 0 Å². The van der Waals surface area contributed by atoms with E-state index in [1.807, 2.05) is 11.3 Å². The summed E-state index contributed by atoms with van der Waals surface area (Å²) >= 11 is 1.92. The van der Waals surface area contributed by atoms with Crippen molar-refractivity contribution in [2.45, 2.75) is 34.6 Å². The lowest BCUT2D eigenvalue weighted by molar-refractivity contribution is 1.49. The lowest BCUT2D eigenvalue weighted by atomic mass is 10.2. The normalized spacial score (nSPS) is 11.4. The molecular weight excluding hydrogens is 490 g/mol. The summed E-state index contributed by atoms with van der Waals surface area (Å²) in [5.41, 5.74) is 5.28. The molecule has 0 bridgehead atoms. The summed E-state index contributed by atoms with van der Waals surface area (Å²) in [4.78, 5) is 1.44. The van der Waals surface area contributed by atoms with Crippen LogP contribution in [0.25, 0.3) is 0 Å². The molecule has 0 fully saturated rings. The summed E-state index contributed by atoms with van der Waals surface area (Å²) in [6.45, 7) is 11.2. The molecule has 0 aliphatic rings. The van der Waals surface area contributed by atoms with Crippen molar-refractivity contribution in [2.24, 2.45) is 0 Å². The highest BCUT2D eigenvalue weighted by molar-refractivity contribution is 7.86. The minimum atomic E-state index is -0.685. The fourth-order valence-electron chi connectivity index (χ4n) is 4.77. The molecule has 4 aromatic carbocycles. The van der Waals surface area contributed by atoms with Crippen LogP contribution in [0, 0.1) is 34.6 Å². The Morgan fingerprint density at radius 1 is 0.472 bits per heavy atom. The second-order valence-corrected chi connectivity index (χ2v) is 15.0. The number of benzene rings is 4.